The molecule has 0 radical (unpaired) electrons. The molecule has 6 nitrogen and oxygen atoms in total. The van der Waals surface area contributed by atoms with E-state index in [0.717, 1.165) is 24.3 Å². The summed E-state index contributed by atoms with van der Waals surface area (Å²) < 4.78 is 106. The molecule has 0 aliphatic carbocycles. The Morgan fingerprint density at radius 2 is 0.976 bits per heavy atom. The molecule has 0 aliphatic heterocycles. The Bertz CT molecular complexity index is 1320. The molecule has 0 saturated heterocycles. The van der Waals surface area contributed by atoms with Crippen LogP contribution in [0.5, 0.6) is 0 Å². The Morgan fingerprint density at radius 3 is 1.33 bits per heavy atom. The first-order valence-electron chi connectivity index (χ1n) is 12.6. The molecule has 0 amide bonds. The van der Waals surface area contributed by atoms with E-state index in [9.17, 15) is 35.9 Å². The number of methoxy groups -OCH3 is 2. The second kappa shape index (κ2) is 13.0. The van der Waals surface area contributed by atoms with Gasteiger partial charge in [-0.15, -0.1) is 0 Å². The van der Waals surface area contributed by atoms with Crippen LogP contribution in [-0.2, 0) is 39.7 Å². The fraction of sp³-hybridized carbons (Fsp3) is 0.333. The van der Waals surface area contributed by atoms with Gasteiger partial charge in [-0.2, -0.15) is 26.3 Å². The Morgan fingerprint density at radius 1 is 0.619 bits per heavy atom. The summed E-state index contributed by atoms with van der Waals surface area (Å²) >= 11 is 0. The number of benzene rings is 3. The second-order valence-electron chi connectivity index (χ2n) is 9.25. The quantitative estimate of drug-likeness (QED) is 0.179. The van der Waals surface area contributed by atoms with E-state index in [1.807, 2.05) is 0 Å². The van der Waals surface area contributed by atoms with Crippen molar-refractivity contribution >= 4 is 11.9 Å². The predicted molar refractivity (Wildman–Crippen MR) is 138 cm³/mol. The summed E-state index contributed by atoms with van der Waals surface area (Å²) in [6.45, 7) is 1.22. The molecule has 0 fully saturated rings. The molecule has 12 heteroatoms. The summed E-state index contributed by atoms with van der Waals surface area (Å²) in [4.78, 5) is 26.4. The number of hydrogen-bond donors (Lipinski definition) is 0. The van der Waals surface area contributed by atoms with Gasteiger partial charge in [-0.25, -0.2) is 9.59 Å². The number of hydrogen-bond acceptors (Lipinski definition) is 6. The van der Waals surface area contributed by atoms with Crippen LogP contribution < -0.4 is 0 Å². The molecule has 2 unspecified atom stereocenters. The minimum Gasteiger partial charge on any atom is -0.460 e. The van der Waals surface area contributed by atoms with Gasteiger partial charge in [0.1, 0.15) is 12.2 Å². The molecule has 3 aromatic rings. The maximum absolute atomic E-state index is 14.4. The van der Waals surface area contributed by atoms with Crippen molar-refractivity contribution in [3.63, 3.8) is 0 Å². The molecule has 0 bridgehead atoms. The van der Waals surface area contributed by atoms with Gasteiger partial charge >= 0.3 is 24.3 Å². The zero-order valence-electron chi connectivity index (χ0n) is 22.7. The lowest BCUT2D eigenvalue weighted by Crippen LogP contribution is -2.52. The highest BCUT2D eigenvalue weighted by Gasteiger charge is 2.65. The average Bonchev–Trinajstić information content (AvgIpc) is 2.94. The van der Waals surface area contributed by atoms with Crippen LogP contribution in [0.15, 0.2) is 91.0 Å². The molecule has 3 aromatic carbocycles. The van der Waals surface area contributed by atoms with E-state index in [0.29, 0.717) is 14.2 Å². The number of esters is 2. The van der Waals surface area contributed by atoms with Gasteiger partial charge in [-0.1, -0.05) is 91.0 Å². The van der Waals surface area contributed by atoms with Crippen molar-refractivity contribution in [2.75, 3.05) is 14.2 Å². The van der Waals surface area contributed by atoms with E-state index in [1.54, 1.807) is 6.07 Å². The third kappa shape index (κ3) is 6.29. The third-order valence-corrected chi connectivity index (χ3v) is 6.62. The SMILES string of the molecule is COC(C(=O)O[C@H](C)C[C@H](OC(=O)C(OC)(c1ccccc1)C(F)(F)F)c1ccccc1)(c1ccccc1)C(F)(F)F. The monoisotopic (exact) mass is 598 g/mol. The van der Waals surface area contributed by atoms with Gasteiger partial charge < -0.3 is 18.9 Å². The number of halogens is 6. The van der Waals surface area contributed by atoms with Crippen molar-refractivity contribution in [2.45, 2.75) is 49.1 Å². The topological polar surface area (TPSA) is 71.1 Å². The van der Waals surface area contributed by atoms with Crippen LogP contribution in [0.2, 0.25) is 0 Å². The van der Waals surface area contributed by atoms with Crippen molar-refractivity contribution in [1.82, 2.24) is 0 Å². The number of ether oxygens (including phenoxy) is 4. The van der Waals surface area contributed by atoms with Crippen molar-refractivity contribution in [1.29, 1.82) is 0 Å². The zero-order valence-corrected chi connectivity index (χ0v) is 22.7. The van der Waals surface area contributed by atoms with Crippen LogP contribution in [0.25, 0.3) is 0 Å². The number of carbonyl (C=O) groups excluding carboxylic acids is 2. The Kier molecular flexibility index (Phi) is 10.1. The maximum Gasteiger partial charge on any atom is 0.432 e. The first-order chi connectivity index (χ1) is 19.7. The smallest absolute Gasteiger partial charge is 0.432 e. The molecule has 226 valence electrons. The van der Waals surface area contributed by atoms with Gasteiger partial charge in [0.2, 0.25) is 0 Å². The minimum absolute atomic E-state index is 0.200. The normalized spacial score (nSPS) is 16.4. The van der Waals surface area contributed by atoms with Crippen LogP contribution in [0.3, 0.4) is 0 Å². The maximum atomic E-state index is 14.4. The van der Waals surface area contributed by atoms with Gasteiger partial charge in [0.25, 0.3) is 11.2 Å². The van der Waals surface area contributed by atoms with Crippen molar-refractivity contribution in [3.8, 4) is 0 Å². The predicted octanol–water partition coefficient (Wildman–Crippen LogP) is 6.80. The largest absolute Gasteiger partial charge is 0.460 e. The molecular weight excluding hydrogens is 570 g/mol. The van der Waals surface area contributed by atoms with Gasteiger partial charge in [-0.3, -0.25) is 0 Å². The van der Waals surface area contributed by atoms with Crippen LogP contribution in [0.4, 0.5) is 26.3 Å². The molecule has 42 heavy (non-hydrogen) atoms. The second-order valence-corrected chi connectivity index (χ2v) is 9.25. The van der Waals surface area contributed by atoms with E-state index in [1.165, 1.54) is 67.6 Å². The summed E-state index contributed by atoms with van der Waals surface area (Å²) in [7, 11) is 1.40. The van der Waals surface area contributed by atoms with Gasteiger partial charge in [0, 0.05) is 31.8 Å². The molecule has 0 saturated carbocycles. The first kappa shape index (κ1) is 32.6. The molecule has 0 N–H and O–H groups in total. The standard InChI is InChI=1S/C30H28F6O6/c1-20(41-25(37)27(39-2,29(31,32)33)22-15-9-5-10-16-22)19-24(21-13-7-4-8-14-21)42-26(38)28(40-3,30(34,35)36)23-17-11-6-12-18-23/h4-18,20,24H,19H2,1-3H3/t20-,24+,27?,28?/m1/s1. The summed E-state index contributed by atoms with van der Waals surface area (Å²) in [5.41, 5.74) is -7.90. The lowest BCUT2D eigenvalue weighted by molar-refractivity contribution is -0.279. The van der Waals surface area contributed by atoms with E-state index < -0.39 is 65.2 Å². The van der Waals surface area contributed by atoms with Gasteiger partial charge in [-0.05, 0) is 12.5 Å². The van der Waals surface area contributed by atoms with Gasteiger partial charge in [0.05, 0.1) is 0 Å². The Hall–Kier alpha value is -3.90. The highest BCUT2D eigenvalue weighted by molar-refractivity contribution is 5.83. The zero-order chi connectivity index (χ0) is 31.2. The van der Waals surface area contributed by atoms with Crippen LogP contribution >= 0.6 is 0 Å². The Labute approximate surface area is 238 Å². The molecule has 0 aliphatic rings. The first-order valence-corrected chi connectivity index (χ1v) is 12.6. The average molecular weight is 599 g/mol. The third-order valence-electron chi connectivity index (χ3n) is 6.62. The van der Waals surface area contributed by atoms with E-state index >= 15 is 0 Å². The van der Waals surface area contributed by atoms with Crippen LogP contribution in [-0.4, -0.2) is 44.6 Å². The highest BCUT2D eigenvalue weighted by Crippen LogP contribution is 2.45. The molecule has 3 rings (SSSR count). The fourth-order valence-electron chi connectivity index (χ4n) is 4.52. The number of alkyl halides is 6. The van der Waals surface area contributed by atoms with E-state index in [-0.39, 0.29) is 5.56 Å². The number of carbonyl (C=O) groups is 2. The highest BCUT2D eigenvalue weighted by atomic mass is 19.4. The Balaban J connectivity index is 1.96. The van der Waals surface area contributed by atoms with Gasteiger partial charge in [0.15, 0.2) is 0 Å². The molecule has 0 spiro atoms. The van der Waals surface area contributed by atoms with Crippen molar-refractivity contribution < 1.29 is 54.9 Å². The van der Waals surface area contributed by atoms with E-state index in [2.05, 4.69) is 0 Å². The lowest BCUT2D eigenvalue weighted by Gasteiger charge is -2.35. The van der Waals surface area contributed by atoms with Crippen LogP contribution in [0.1, 0.15) is 36.1 Å². The minimum atomic E-state index is -5.26. The van der Waals surface area contributed by atoms with Crippen LogP contribution in [0, 0.1) is 0 Å². The van der Waals surface area contributed by atoms with E-state index in [4.69, 9.17) is 18.9 Å². The summed E-state index contributed by atoms with van der Waals surface area (Å²) in [6, 6.07) is 19.7. The molecular formula is C30H28F6O6. The van der Waals surface area contributed by atoms with Crippen molar-refractivity contribution in [2.24, 2.45) is 0 Å². The molecule has 4 atom stereocenters. The number of rotatable bonds is 11. The van der Waals surface area contributed by atoms with Crippen molar-refractivity contribution in [3.05, 3.63) is 108 Å². The summed E-state index contributed by atoms with van der Waals surface area (Å²) in [6.07, 6.45) is -13.9. The summed E-state index contributed by atoms with van der Waals surface area (Å²) in [5.74, 6) is -3.62. The molecule has 0 heterocycles. The summed E-state index contributed by atoms with van der Waals surface area (Å²) in [5, 5.41) is 0. The molecule has 0 aromatic heterocycles. The fourth-order valence-corrected chi connectivity index (χ4v) is 4.52. The lowest BCUT2D eigenvalue weighted by atomic mass is 9.92.